The summed E-state index contributed by atoms with van der Waals surface area (Å²) < 4.78 is 26.4. The average Bonchev–Trinajstić information content (AvgIpc) is 2.73. The quantitative estimate of drug-likeness (QED) is 0.882. The van der Waals surface area contributed by atoms with E-state index in [0.29, 0.717) is 12.0 Å². The molecule has 5 heteroatoms. The zero-order valence-corrected chi connectivity index (χ0v) is 12.4. The van der Waals surface area contributed by atoms with E-state index in [4.69, 9.17) is 0 Å². The Hall–Kier alpha value is -1.33. The van der Waals surface area contributed by atoms with Crippen LogP contribution in [0.4, 0.5) is 8.78 Å². The largest absolute Gasteiger partial charge is 0.314 e. The van der Waals surface area contributed by atoms with Crippen LogP contribution >= 0.6 is 11.3 Å². The topological polar surface area (TPSA) is 24.9 Å². The highest BCUT2D eigenvalue weighted by atomic mass is 32.1. The third-order valence-corrected chi connectivity index (χ3v) is 3.97. The van der Waals surface area contributed by atoms with Gasteiger partial charge in [0.2, 0.25) is 0 Å². The Balaban J connectivity index is 2.08. The second-order valence-corrected chi connectivity index (χ2v) is 5.77. The number of hydrogen-bond acceptors (Lipinski definition) is 3. The van der Waals surface area contributed by atoms with Gasteiger partial charge in [-0.2, -0.15) is 0 Å². The van der Waals surface area contributed by atoms with Crippen LogP contribution in [0.15, 0.2) is 23.6 Å². The van der Waals surface area contributed by atoms with Crippen molar-refractivity contribution in [2.24, 2.45) is 0 Å². The van der Waals surface area contributed by atoms with Gasteiger partial charge in [-0.15, -0.1) is 11.3 Å². The molecule has 0 aliphatic carbocycles. The number of aryl methyl sites for hydroxylation is 1. The minimum atomic E-state index is -0.527. The molecule has 1 unspecified atom stereocenters. The zero-order valence-electron chi connectivity index (χ0n) is 11.6. The molecular formula is C15H18F2N2S. The maximum Gasteiger partial charge on any atom is 0.126 e. The molecule has 0 bridgehead atoms. The molecule has 0 spiro atoms. The molecule has 0 radical (unpaired) electrons. The van der Waals surface area contributed by atoms with Crippen LogP contribution in [-0.4, -0.2) is 17.6 Å². The second-order valence-electron chi connectivity index (χ2n) is 4.82. The Morgan fingerprint density at radius 1 is 1.20 bits per heavy atom. The molecule has 2 aromatic rings. The lowest BCUT2D eigenvalue weighted by Crippen LogP contribution is -2.33. The zero-order chi connectivity index (χ0) is 14.5. The number of thiazole rings is 1. The van der Waals surface area contributed by atoms with E-state index >= 15 is 0 Å². The van der Waals surface area contributed by atoms with Gasteiger partial charge < -0.3 is 5.32 Å². The van der Waals surface area contributed by atoms with E-state index in [-0.39, 0.29) is 6.04 Å². The minimum Gasteiger partial charge on any atom is -0.314 e. The van der Waals surface area contributed by atoms with Gasteiger partial charge in [-0.05, 0) is 37.6 Å². The van der Waals surface area contributed by atoms with E-state index in [2.05, 4.69) is 10.3 Å². The fourth-order valence-electron chi connectivity index (χ4n) is 2.23. The molecular weight excluding hydrogens is 278 g/mol. The summed E-state index contributed by atoms with van der Waals surface area (Å²) in [4.78, 5) is 4.44. The summed E-state index contributed by atoms with van der Waals surface area (Å²) in [6, 6.07) is 3.81. The molecule has 0 aliphatic rings. The highest BCUT2D eigenvalue weighted by molar-refractivity contribution is 7.09. The van der Waals surface area contributed by atoms with Gasteiger partial charge in [0.1, 0.15) is 11.6 Å². The van der Waals surface area contributed by atoms with Gasteiger partial charge in [-0.1, -0.05) is 6.92 Å². The van der Waals surface area contributed by atoms with Crippen molar-refractivity contribution in [1.29, 1.82) is 0 Å². The molecule has 1 heterocycles. The Morgan fingerprint density at radius 3 is 2.45 bits per heavy atom. The van der Waals surface area contributed by atoms with Gasteiger partial charge in [0, 0.05) is 29.6 Å². The number of aromatic nitrogens is 1. The maximum atomic E-state index is 13.2. The first-order valence-electron chi connectivity index (χ1n) is 6.66. The number of nitrogens with zero attached hydrogens (tertiary/aromatic N) is 1. The van der Waals surface area contributed by atoms with Gasteiger partial charge in [0.05, 0.1) is 5.01 Å². The molecule has 1 atom stereocenters. The number of likely N-dealkylation sites (N-methyl/N-ethyl adjacent to an activating group) is 1. The number of nitrogens with one attached hydrogen (secondary N) is 1. The summed E-state index contributed by atoms with van der Waals surface area (Å²) in [6.45, 7) is 4.79. The lowest BCUT2D eigenvalue weighted by molar-refractivity contribution is 0.514. The normalized spacial score (nSPS) is 12.6. The van der Waals surface area contributed by atoms with E-state index in [0.717, 1.165) is 29.7 Å². The van der Waals surface area contributed by atoms with Crippen LogP contribution in [0.25, 0.3) is 0 Å². The van der Waals surface area contributed by atoms with Crippen LogP contribution in [0.1, 0.15) is 23.2 Å². The predicted octanol–water partition coefficient (Wildman–Crippen LogP) is 3.49. The van der Waals surface area contributed by atoms with Crippen molar-refractivity contribution >= 4 is 11.3 Å². The fraction of sp³-hybridized carbons (Fsp3) is 0.400. The second kappa shape index (κ2) is 6.90. The van der Waals surface area contributed by atoms with E-state index in [1.165, 1.54) is 12.1 Å². The molecule has 1 aromatic heterocycles. The molecule has 0 amide bonds. The highest BCUT2D eigenvalue weighted by Crippen LogP contribution is 2.15. The van der Waals surface area contributed by atoms with Gasteiger partial charge in [0.15, 0.2) is 0 Å². The van der Waals surface area contributed by atoms with Crippen LogP contribution in [0.3, 0.4) is 0 Å². The third-order valence-electron chi connectivity index (χ3n) is 2.98. The lowest BCUT2D eigenvalue weighted by atomic mass is 10.0. The Labute approximate surface area is 121 Å². The summed E-state index contributed by atoms with van der Waals surface area (Å²) in [6.07, 6.45) is 1.35. The summed E-state index contributed by atoms with van der Waals surface area (Å²) in [5, 5.41) is 6.41. The lowest BCUT2D eigenvalue weighted by Gasteiger charge is -2.17. The van der Waals surface area contributed by atoms with Crippen molar-refractivity contribution in [3.63, 3.8) is 0 Å². The standard InChI is InChI=1S/C15H18F2N2S/c1-3-18-14(8-15-19-10(2)9-20-15)6-11-4-12(16)7-13(17)5-11/h4-5,7,9,14,18H,3,6,8H2,1-2H3. The Morgan fingerprint density at radius 2 is 1.90 bits per heavy atom. The SMILES string of the molecule is CCNC(Cc1cc(F)cc(F)c1)Cc1nc(C)cs1. The van der Waals surface area contributed by atoms with Crippen molar-refractivity contribution < 1.29 is 8.78 Å². The van der Waals surface area contributed by atoms with Crippen LogP contribution in [0.2, 0.25) is 0 Å². The molecule has 0 saturated heterocycles. The molecule has 0 aliphatic heterocycles. The Bertz CT molecular complexity index is 549. The minimum absolute atomic E-state index is 0.131. The molecule has 2 rings (SSSR count). The number of benzene rings is 1. The average molecular weight is 296 g/mol. The van der Waals surface area contributed by atoms with Crippen molar-refractivity contribution in [3.05, 3.63) is 51.5 Å². The predicted molar refractivity (Wildman–Crippen MR) is 78.1 cm³/mol. The van der Waals surface area contributed by atoms with E-state index in [9.17, 15) is 8.78 Å². The van der Waals surface area contributed by atoms with Crippen molar-refractivity contribution in [2.45, 2.75) is 32.7 Å². The summed E-state index contributed by atoms with van der Waals surface area (Å²) in [5.74, 6) is -1.05. The van der Waals surface area contributed by atoms with Gasteiger partial charge in [-0.25, -0.2) is 13.8 Å². The summed E-state index contributed by atoms with van der Waals surface area (Å²) in [7, 11) is 0. The molecule has 1 N–H and O–H groups in total. The van der Waals surface area contributed by atoms with Crippen LogP contribution in [-0.2, 0) is 12.8 Å². The first kappa shape index (κ1) is 15.1. The van der Waals surface area contributed by atoms with Gasteiger partial charge in [0.25, 0.3) is 0 Å². The highest BCUT2D eigenvalue weighted by Gasteiger charge is 2.13. The molecule has 0 saturated carbocycles. The number of rotatable bonds is 6. The van der Waals surface area contributed by atoms with Gasteiger partial charge >= 0.3 is 0 Å². The van der Waals surface area contributed by atoms with E-state index in [1.807, 2.05) is 19.2 Å². The molecule has 2 nitrogen and oxygen atoms in total. The van der Waals surface area contributed by atoms with Crippen molar-refractivity contribution in [3.8, 4) is 0 Å². The molecule has 20 heavy (non-hydrogen) atoms. The first-order valence-corrected chi connectivity index (χ1v) is 7.54. The van der Waals surface area contributed by atoms with Crippen LogP contribution in [0, 0.1) is 18.6 Å². The monoisotopic (exact) mass is 296 g/mol. The Kier molecular flexibility index (Phi) is 5.20. The van der Waals surface area contributed by atoms with Gasteiger partial charge in [-0.3, -0.25) is 0 Å². The third kappa shape index (κ3) is 4.35. The fourth-order valence-corrected chi connectivity index (χ4v) is 3.08. The van der Waals surface area contributed by atoms with Crippen molar-refractivity contribution in [2.75, 3.05) is 6.54 Å². The molecule has 108 valence electrons. The summed E-state index contributed by atoms with van der Waals surface area (Å²) in [5.41, 5.74) is 1.68. The molecule has 1 aromatic carbocycles. The van der Waals surface area contributed by atoms with Crippen molar-refractivity contribution in [1.82, 2.24) is 10.3 Å². The van der Waals surface area contributed by atoms with E-state index < -0.39 is 11.6 Å². The number of hydrogen-bond donors (Lipinski definition) is 1. The van der Waals surface area contributed by atoms with Crippen LogP contribution < -0.4 is 5.32 Å². The molecule has 0 fully saturated rings. The maximum absolute atomic E-state index is 13.2. The van der Waals surface area contributed by atoms with E-state index in [1.54, 1.807) is 11.3 Å². The first-order chi connectivity index (χ1) is 9.56. The van der Waals surface area contributed by atoms with Crippen LogP contribution in [0.5, 0.6) is 0 Å². The number of halogens is 2. The summed E-state index contributed by atoms with van der Waals surface area (Å²) >= 11 is 1.62. The smallest absolute Gasteiger partial charge is 0.126 e.